The lowest BCUT2D eigenvalue weighted by Crippen LogP contribution is -1.93. The Balaban J connectivity index is 2.51. The molecule has 70 valence electrons. The summed E-state index contributed by atoms with van der Waals surface area (Å²) in [5.41, 5.74) is 2.33. The second-order valence-corrected chi connectivity index (χ2v) is 2.88. The van der Waals surface area contributed by atoms with Crippen molar-refractivity contribution < 1.29 is 5.11 Å². The molecule has 0 aromatic carbocycles. The van der Waals surface area contributed by atoms with Crippen molar-refractivity contribution in [3.05, 3.63) is 48.3 Å². The van der Waals surface area contributed by atoms with Crippen LogP contribution in [0.2, 0.25) is 0 Å². The van der Waals surface area contributed by atoms with Crippen LogP contribution in [0.4, 0.5) is 0 Å². The van der Waals surface area contributed by atoms with Gasteiger partial charge in [-0.05, 0) is 18.2 Å². The van der Waals surface area contributed by atoms with Gasteiger partial charge in [0.2, 0.25) is 0 Å². The lowest BCUT2D eigenvalue weighted by molar-refractivity contribution is 0.282. The van der Waals surface area contributed by atoms with Gasteiger partial charge in [-0.25, -0.2) is 0 Å². The van der Waals surface area contributed by atoms with E-state index >= 15 is 0 Å². The molecule has 0 unspecified atom stereocenters. The minimum absolute atomic E-state index is 0.0141. The number of hydrogen-bond acceptors (Lipinski definition) is 3. The van der Waals surface area contributed by atoms with Crippen LogP contribution >= 0.6 is 0 Å². The summed E-state index contributed by atoms with van der Waals surface area (Å²) in [6.07, 6.45) is 3.41. The first-order valence-corrected chi connectivity index (χ1v) is 4.38. The van der Waals surface area contributed by atoms with Crippen molar-refractivity contribution in [3.63, 3.8) is 0 Å². The molecule has 2 heterocycles. The quantitative estimate of drug-likeness (QED) is 0.775. The van der Waals surface area contributed by atoms with E-state index in [0.29, 0.717) is 0 Å². The molecule has 1 N–H and O–H groups in total. The minimum atomic E-state index is -0.0141. The van der Waals surface area contributed by atoms with Gasteiger partial charge >= 0.3 is 0 Å². The molecule has 0 spiro atoms. The van der Waals surface area contributed by atoms with E-state index in [4.69, 9.17) is 5.11 Å². The highest BCUT2D eigenvalue weighted by Crippen LogP contribution is 2.17. The third-order valence-corrected chi connectivity index (χ3v) is 1.97. The van der Waals surface area contributed by atoms with Crippen molar-refractivity contribution in [1.29, 1.82) is 0 Å². The summed E-state index contributed by atoms with van der Waals surface area (Å²) in [5, 5.41) is 9.11. The molecular weight excluding hydrogens is 176 g/mol. The van der Waals surface area contributed by atoms with E-state index in [0.717, 1.165) is 17.0 Å². The molecule has 3 nitrogen and oxygen atoms in total. The number of pyridine rings is 2. The summed E-state index contributed by atoms with van der Waals surface area (Å²) in [7, 11) is 0. The average Bonchev–Trinajstić information content (AvgIpc) is 2.30. The van der Waals surface area contributed by atoms with Crippen LogP contribution in [0.1, 0.15) is 5.56 Å². The largest absolute Gasteiger partial charge is 0.392 e. The molecule has 3 heteroatoms. The van der Waals surface area contributed by atoms with E-state index in [9.17, 15) is 0 Å². The van der Waals surface area contributed by atoms with Crippen molar-refractivity contribution in [2.75, 3.05) is 0 Å². The van der Waals surface area contributed by atoms with Gasteiger partial charge in [-0.2, -0.15) is 0 Å². The molecule has 0 aliphatic carbocycles. The van der Waals surface area contributed by atoms with E-state index in [-0.39, 0.29) is 6.61 Å². The van der Waals surface area contributed by atoms with Gasteiger partial charge in [-0.1, -0.05) is 12.1 Å². The Morgan fingerprint density at radius 1 is 1.00 bits per heavy atom. The zero-order valence-corrected chi connectivity index (χ0v) is 7.59. The molecule has 2 rings (SSSR count). The van der Waals surface area contributed by atoms with Crippen molar-refractivity contribution in [3.8, 4) is 11.4 Å². The molecule has 14 heavy (non-hydrogen) atoms. The summed E-state index contributed by atoms with van der Waals surface area (Å²) in [6.45, 7) is -0.0141. The molecule has 0 aliphatic heterocycles. The normalized spacial score (nSPS) is 10.1. The maximum Gasteiger partial charge on any atom is 0.0941 e. The molecule has 0 bridgehead atoms. The Kier molecular flexibility index (Phi) is 2.51. The molecule has 0 atom stereocenters. The lowest BCUT2D eigenvalue weighted by atomic mass is 10.1. The maximum atomic E-state index is 9.11. The molecule has 0 fully saturated rings. The SMILES string of the molecule is OCc1cccnc1-c1ccccn1. The van der Waals surface area contributed by atoms with Crippen molar-refractivity contribution in [1.82, 2.24) is 9.97 Å². The fraction of sp³-hybridized carbons (Fsp3) is 0.0909. The Morgan fingerprint density at radius 2 is 1.86 bits per heavy atom. The highest BCUT2D eigenvalue weighted by atomic mass is 16.3. The molecule has 2 aromatic rings. The van der Waals surface area contributed by atoms with Crippen molar-refractivity contribution >= 4 is 0 Å². The molecular formula is C11H10N2O. The van der Waals surface area contributed by atoms with E-state index in [1.807, 2.05) is 24.3 Å². The third-order valence-electron chi connectivity index (χ3n) is 1.97. The molecule has 0 amide bonds. The Labute approximate surface area is 82.1 Å². The predicted molar refractivity (Wildman–Crippen MR) is 53.4 cm³/mol. The number of nitrogens with zero attached hydrogens (tertiary/aromatic N) is 2. The van der Waals surface area contributed by atoms with Gasteiger partial charge in [0.1, 0.15) is 0 Å². The van der Waals surface area contributed by atoms with Crippen molar-refractivity contribution in [2.24, 2.45) is 0 Å². The molecule has 0 saturated heterocycles. The Bertz CT molecular complexity index is 415. The molecule has 0 saturated carbocycles. The summed E-state index contributed by atoms with van der Waals surface area (Å²) in [5.74, 6) is 0. The first-order chi connectivity index (χ1) is 6.92. The van der Waals surface area contributed by atoms with Gasteiger partial charge in [0.15, 0.2) is 0 Å². The molecule has 0 aliphatic rings. The summed E-state index contributed by atoms with van der Waals surface area (Å²) in [4.78, 5) is 8.38. The second-order valence-electron chi connectivity index (χ2n) is 2.88. The number of rotatable bonds is 2. The van der Waals surface area contributed by atoms with Crippen LogP contribution in [0.3, 0.4) is 0 Å². The zero-order chi connectivity index (χ0) is 9.80. The number of aromatic nitrogens is 2. The summed E-state index contributed by atoms with van der Waals surface area (Å²) < 4.78 is 0. The zero-order valence-electron chi connectivity index (χ0n) is 7.59. The van der Waals surface area contributed by atoms with Crippen LogP contribution in [0.25, 0.3) is 11.4 Å². The summed E-state index contributed by atoms with van der Waals surface area (Å²) in [6, 6.07) is 9.28. The highest BCUT2D eigenvalue weighted by molar-refractivity contribution is 5.57. The first-order valence-electron chi connectivity index (χ1n) is 4.38. The minimum Gasteiger partial charge on any atom is -0.392 e. The lowest BCUT2D eigenvalue weighted by Gasteiger charge is -2.03. The third kappa shape index (κ3) is 1.63. The Morgan fingerprint density at radius 3 is 2.57 bits per heavy atom. The molecule has 0 radical (unpaired) electrons. The van der Waals surface area contributed by atoms with Gasteiger partial charge < -0.3 is 5.11 Å². The summed E-state index contributed by atoms with van der Waals surface area (Å²) >= 11 is 0. The monoisotopic (exact) mass is 186 g/mol. The van der Waals surface area contributed by atoms with E-state index in [1.54, 1.807) is 18.5 Å². The Hall–Kier alpha value is -1.74. The van der Waals surface area contributed by atoms with Gasteiger partial charge in [0.25, 0.3) is 0 Å². The van der Waals surface area contributed by atoms with Crippen LogP contribution in [-0.2, 0) is 6.61 Å². The fourth-order valence-electron chi connectivity index (χ4n) is 1.30. The first kappa shape index (κ1) is 8.84. The van der Waals surface area contributed by atoms with E-state index in [2.05, 4.69) is 9.97 Å². The van der Waals surface area contributed by atoms with Crippen molar-refractivity contribution in [2.45, 2.75) is 6.61 Å². The molecule has 2 aromatic heterocycles. The standard InChI is InChI=1S/C11H10N2O/c14-8-9-4-3-7-13-11(9)10-5-1-2-6-12-10/h1-7,14H,8H2. The van der Waals surface area contributed by atoms with Crippen LogP contribution in [-0.4, -0.2) is 15.1 Å². The van der Waals surface area contributed by atoms with Gasteiger partial charge in [0, 0.05) is 18.0 Å². The second kappa shape index (κ2) is 3.98. The van der Waals surface area contributed by atoms with Gasteiger partial charge in [-0.15, -0.1) is 0 Å². The van der Waals surface area contributed by atoms with Crippen LogP contribution < -0.4 is 0 Å². The average molecular weight is 186 g/mol. The topological polar surface area (TPSA) is 46.0 Å². The predicted octanol–water partition coefficient (Wildman–Crippen LogP) is 1.64. The van der Waals surface area contributed by atoms with Gasteiger partial charge in [-0.3, -0.25) is 9.97 Å². The highest BCUT2D eigenvalue weighted by Gasteiger charge is 2.04. The van der Waals surface area contributed by atoms with Crippen LogP contribution in [0, 0.1) is 0 Å². The number of aliphatic hydroxyl groups is 1. The van der Waals surface area contributed by atoms with Crippen LogP contribution in [0.5, 0.6) is 0 Å². The van der Waals surface area contributed by atoms with Gasteiger partial charge in [0.05, 0.1) is 18.0 Å². The number of aliphatic hydroxyl groups excluding tert-OH is 1. The van der Waals surface area contributed by atoms with E-state index < -0.39 is 0 Å². The van der Waals surface area contributed by atoms with Crippen LogP contribution in [0.15, 0.2) is 42.7 Å². The fourth-order valence-corrected chi connectivity index (χ4v) is 1.30. The smallest absolute Gasteiger partial charge is 0.0941 e. The number of hydrogen-bond donors (Lipinski definition) is 1. The van der Waals surface area contributed by atoms with E-state index in [1.165, 1.54) is 0 Å². The maximum absolute atomic E-state index is 9.11.